The molecule has 0 aliphatic carbocycles. The van der Waals surface area contributed by atoms with E-state index >= 15 is 0 Å². The number of thiophene rings is 1. The summed E-state index contributed by atoms with van der Waals surface area (Å²) in [7, 11) is 0. The molecule has 0 fully saturated rings. The van der Waals surface area contributed by atoms with E-state index in [2.05, 4.69) is 15.3 Å². The molecular formula is C15H13FN4OS. The van der Waals surface area contributed by atoms with E-state index in [0.717, 1.165) is 15.1 Å². The Bertz CT molecular complexity index is 831. The lowest BCUT2D eigenvalue weighted by Crippen LogP contribution is -2.28. The Morgan fingerprint density at radius 2 is 2.05 bits per heavy atom. The first-order chi connectivity index (χ1) is 10.5. The van der Waals surface area contributed by atoms with Gasteiger partial charge in [0.05, 0.1) is 5.39 Å². The topological polar surface area (TPSA) is 80.9 Å². The minimum Gasteiger partial charge on any atom is -0.368 e. The highest BCUT2D eigenvalue weighted by Crippen LogP contribution is 2.29. The van der Waals surface area contributed by atoms with Gasteiger partial charge in [0, 0.05) is 4.88 Å². The van der Waals surface area contributed by atoms with E-state index < -0.39 is 11.9 Å². The van der Waals surface area contributed by atoms with Crippen LogP contribution in [0.4, 0.5) is 10.2 Å². The van der Waals surface area contributed by atoms with Gasteiger partial charge in [0.1, 0.15) is 28.8 Å². The Hall–Kier alpha value is -2.54. The zero-order valence-electron chi connectivity index (χ0n) is 11.7. The van der Waals surface area contributed by atoms with Crippen LogP contribution in [-0.2, 0) is 4.79 Å². The number of carbonyl (C=O) groups excluding carboxylic acids is 1. The third kappa shape index (κ3) is 2.75. The van der Waals surface area contributed by atoms with Crippen LogP contribution in [0.3, 0.4) is 0 Å². The number of nitrogens with one attached hydrogen (secondary N) is 1. The molecule has 2 aromatic heterocycles. The van der Waals surface area contributed by atoms with Crippen LogP contribution in [0.5, 0.6) is 0 Å². The van der Waals surface area contributed by atoms with E-state index in [4.69, 9.17) is 5.73 Å². The third-order valence-electron chi connectivity index (χ3n) is 3.22. The van der Waals surface area contributed by atoms with E-state index in [9.17, 15) is 9.18 Å². The maximum Gasteiger partial charge on any atom is 0.244 e. The smallest absolute Gasteiger partial charge is 0.244 e. The average molecular weight is 316 g/mol. The number of amides is 1. The predicted octanol–water partition coefficient (Wildman–Crippen LogP) is 2.78. The number of nitrogens with two attached hydrogens (primary N) is 1. The number of aromatic nitrogens is 2. The number of fused-ring (bicyclic) bond motifs is 1. The van der Waals surface area contributed by atoms with Gasteiger partial charge in [-0.3, -0.25) is 4.79 Å². The Morgan fingerprint density at radius 1 is 1.32 bits per heavy atom. The number of carbonyl (C=O) groups is 1. The summed E-state index contributed by atoms with van der Waals surface area (Å²) in [5.41, 5.74) is 6.04. The quantitative estimate of drug-likeness (QED) is 0.775. The summed E-state index contributed by atoms with van der Waals surface area (Å²) in [6.45, 7) is 1.97. The average Bonchev–Trinajstić information content (AvgIpc) is 2.86. The zero-order valence-corrected chi connectivity index (χ0v) is 12.5. The second kappa shape index (κ2) is 5.69. The van der Waals surface area contributed by atoms with Gasteiger partial charge in [-0.1, -0.05) is 12.1 Å². The molecule has 1 unspecified atom stereocenters. The molecule has 2 heterocycles. The molecule has 0 saturated carbocycles. The third-order valence-corrected chi connectivity index (χ3v) is 4.18. The highest BCUT2D eigenvalue weighted by molar-refractivity contribution is 7.18. The van der Waals surface area contributed by atoms with Crippen molar-refractivity contribution in [3.8, 4) is 0 Å². The fraction of sp³-hybridized carbons (Fsp3) is 0.133. The molecule has 0 spiro atoms. The summed E-state index contributed by atoms with van der Waals surface area (Å²) < 4.78 is 13.0. The highest BCUT2D eigenvalue weighted by atomic mass is 32.1. The minimum absolute atomic E-state index is 0.371. The standard InChI is InChI=1S/C15H13FN4OS/c1-8-6-11-14(18-7-19-15(11)22-8)20-12(13(17)21)9-2-4-10(16)5-3-9/h2-7,12H,1H3,(H2,17,21)(H,18,19,20). The number of nitrogens with zero attached hydrogens (tertiary/aromatic N) is 2. The molecule has 1 aromatic carbocycles. The van der Waals surface area contributed by atoms with E-state index in [1.807, 2.05) is 13.0 Å². The van der Waals surface area contributed by atoms with Crippen molar-refractivity contribution in [1.29, 1.82) is 0 Å². The summed E-state index contributed by atoms with van der Waals surface area (Å²) in [4.78, 5) is 22.1. The lowest BCUT2D eigenvalue weighted by molar-refractivity contribution is -0.118. The molecule has 112 valence electrons. The van der Waals surface area contributed by atoms with Gasteiger partial charge in [-0.2, -0.15) is 0 Å². The molecule has 7 heteroatoms. The first-order valence-corrected chi connectivity index (χ1v) is 7.38. The second-order valence-electron chi connectivity index (χ2n) is 4.83. The van der Waals surface area contributed by atoms with E-state index in [1.165, 1.54) is 30.6 Å². The molecule has 0 saturated heterocycles. The molecule has 1 amide bonds. The molecule has 3 aromatic rings. The Labute approximate surface area is 130 Å². The van der Waals surface area contributed by atoms with Crippen molar-refractivity contribution in [3.63, 3.8) is 0 Å². The van der Waals surface area contributed by atoms with Crippen LogP contribution in [-0.4, -0.2) is 15.9 Å². The number of halogens is 1. The molecule has 1 atom stereocenters. The van der Waals surface area contributed by atoms with E-state index in [0.29, 0.717) is 11.4 Å². The van der Waals surface area contributed by atoms with Gasteiger partial charge < -0.3 is 11.1 Å². The van der Waals surface area contributed by atoms with Crippen molar-refractivity contribution >= 4 is 33.3 Å². The normalized spacial score (nSPS) is 12.3. The van der Waals surface area contributed by atoms with Crippen LogP contribution in [0.15, 0.2) is 36.7 Å². The van der Waals surface area contributed by atoms with Gasteiger partial charge in [0.2, 0.25) is 5.91 Å². The Balaban J connectivity index is 1.99. The van der Waals surface area contributed by atoms with Gasteiger partial charge in [-0.25, -0.2) is 14.4 Å². The van der Waals surface area contributed by atoms with Crippen LogP contribution >= 0.6 is 11.3 Å². The van der Waals surface area contributed by atoms with Crippen molar-refractivity contribution in [2.75, 3.05) is 5.32 Å². The molecular weight excluding hydrogens is 303 g/mol. The monoisotopic (exact) mass is 316 g/mol. The van der Waals surface area contributed by atoms with Gasteiger partial charge in [-0.15, -0.1) is 11.3 Å². The molecule has 0 radical (unpaired) electrons. The van der Waals surface area contributed by atoms with Gasteiger partial charge in [-0.05, 0) is 30.7 Å². The summed E-state index contributed by atoms with van der Waals surface area (Å²) in [5.74, 6) is -0.405. The van der Waals surface area contributed by atoms with Gasteiger partial charge in [0.25, 0.3) is 0 Å². The van der Waals surface area contributed by atoms with Crippen LogP contribution in [0, 0.1) is 12.7 Å². The zero-order chi connectivity index (χ0) is 15.7. The maximum absolute atomic E-state index is 13.0. The Morgan fingerprint density at radius 3 is 2.73 bits per heavy atom. The molecule has 22 heavy (non-hydrogen) atoms. The summed E-state index contributed by atoms with van der Waals surface area (Å²) >= 11 is 1.54. The number of hydrogen-bond donors (Lipinski definition) is 2. The fourth-order valence-electron chi connectivity index (χ4n) is 2.20. The molecule has 5 nitrogen and oxygen atoms in total. The van der Waals surface area contributed by atoms with Crippen molar-refractivity contribution in [3.05, 3.63) is 52.9 Å². The summed E-state index contributed by atoms with van der Waals surface area (Å²) in [6, 6.07) is 6.78. The highest BCUT2D eigenvalue weighted by Gasteiger charge is 2.20. The molecule has 0 aliphatic heterocycles. The van der Waals surface area contributed by atoms with Crippen molar-refractivity contribution < 1.29 is 9.18 Å². The van der Waals surface area contributed by atoms with Crippen LogP contribution in [0.1, 0.15) is 16.5 Å². The molecule has 3 N–H and O–H groups in total. The molecule has 3 rings (SSSR count). The lowest BCUT2D eigenvalue weighted by Gasteiger charge is -2.16. The first-order valence-electron chi connectivity index (χ1n) is 6.57. The van der Waals surface area contributed by atoms with Crippen LogP contribution in [0.2, 0.25) is 0 Å². The van der Waals surface area contributed by atoms with E-state index in [1.54, 1.807) is 11.3 Å². The minimum atomic E-state index is -0.793. The van der Waals surface area contributed by atoms with Crippen molar-refractivity contribution in [1.82, 2.24) is 9.97 Å². The number of primary amides is 1. The number of benzene rings is 1. The number of rotatable bonds is 4. The Kier molecular flexibility index (Phi) is 3.72. The summed E-state index contributed by atoms with van der Waals surface area (Å²) in [6.07, 6.45) is 1.43. The maximum atomic E-state index is 13.0. The van der Waals surface area contributed by atoms with Gasteiger partial charge >= 0.3 is 0 Å². The lowest BCUT2D eigenvalue weighted by atomic mass is 10.1. The molecule has 0 bridgehead atoms. The van der Waals surface area contributed by atoms with Crippen molar-refractivity contribution in [2.45, 2.75) is 13.0 Å². The number of anilines is 1. The van der Waals surface area contributed by atoms with Crippen LogP contribution < -0.4 is 11.1 Å². The SMILES string of the molecule is Cc1cc2c(NC(C(N)=O)c3ccc(F)cc3)ncnc2s1. The first kappa shape index (κ1) is 14.4. The van der Waals surface area contributed by atoms with Crippen molar-refractivity contribution in [2.24, 2.45) is 5.73 Å². The predicted molar refractivity (Wildman–Crippen MR) is 84.1 cm³/mol. The second-order valence-corrected chi connectivity index (χ2v) is 6.06. The number of hydrogen-bond acceptors (Lipinski definition) is 5. The van der Waals surface area contributed by atoms with E-state index in [-0.39, 0.29) is 5.82 Å². The largest absolute Gasteiger partial charge is 0.368 e. The fourth-order valence-corrected chi connectivity index (χ4v) is 3.05. The van der Waals surface area contributed by atoms with Crippen LogP contribution in [0.25, 0.3) is 10.2 Å². The number of aryl methyl sites for hydroxylation is 1. The van der Waals surface area contributed by atoms with Gasteiger partial charge in [0.15, 0.2) is 0 Å². The summed E-state index contributed by atoms with van der Waals surface area (Å²) in [5, 5.41) is 3.86. The molecule has 0 aliphatic rings.